The first kappa shape index (κ1) is 16.4. The number of carboxylic acid groups (broad SMARTS) is 1. The maximum absolute atomic E-state index is 11.4. The van der Waals surface area contributed by atoms with E-state index in [0.29, 0.717) is 25.3 Å². The van der Waals surface area contributed by atoms with Crippen LogP contribution in [0.3, 0.4) is 0 Å². The molecule has 1 rings (SSSR count). The second kappa shape index (κ2) is 7.24. The van der Waals surface area contributed by atoms with E-state index in [1.807, 2.05) is 0 Å². The maximum atomic E-state index is 11.4. The Balaban J connectivity index is 2.51. The number of carbonyl (C=O) groups is 1. The van der Waals surface area contributed by atoms with Gasteiger partial charge in [0, 0.05) is 0 Å². The van der Waals surface area contributed by atoms with Gasteiger partial charge in [0.15, 0.2) is 0 Å². The van der Waals surface area contributed by atoms with Crippen LogP contribution in [-0.4, -0.2) is 43.6 Å². The number of hydrogen-bond donors (Lipinski definition) is 2. The first-order valence-corrected chi connectivity index (χ1v) is 8.84. The normalized spacial score (nSPS) is 22.8. The summed E-state index contributed by atoms with van der Waals surface area (Å²) in [7, 11) is -2.94. The Morgan fingerprint density at radius 1 is 1.37 bits per heavy atom. The highest BCUT2D eigenvalue weighted by molar-refractivity contribution is 7.91. The SMILES string of the molecule is CCCC(C)CNC(C(=O)O)C1CCS(=O)(=O)CC1. The van der Waals surface area contributed by atoms with Crippen molar-refractivity contribution in [2.75, 3.05) is 18.1 Å². The molecule has 2 N–H and O–H groups in total. The zero-order valence-corrected chi connectivity index (χ0v) is 12.6. The predicted molar refractivity (Wildman–Crippen MR) is 74.9 cm³/mol. The third-order valence-corrected chi connectivity index (χ3v) is 5.52. The fourth-order valence-corrected chi connectivity index (χ4v) is 4.15. The molecule has 1 heterocycles. The molecule has 6 heteroatoms. The van der Waals surface area contributed by atoms with Crippen molar-refractivity contribution in [3.8, 4) is 0 Å². The predicted octanol–water partition coefficient (Wildman–Crippen LogP) is 1.29. The molecule has 1 aliphatic heterocycles. The zero-order chi connectivity index (χ0) is 14.5. The van der Waals surface area contributed by atoms with Gasteiger partial charge in [-0.1, -0.05) is 20.3 Å². The van der Waals surface area contributed by atoms with E-state index >= 15 is 0 Å². The van der Waals surface area contributed by atoms with Gasteiger partial charge < -0.3 is 10.4 Å². The van der Waals surface area contributed by atoms with Gasteiger partial charge in [-0.25, -0.2) is 8.42 Å². The van der Waals surface area contributed by atoms with Crippen LogP contribution in [0.2, 0.25) is 0 Å². The quantitative estimate of drug-likeness (QED) is 0.738. The Bertz CT molecular complexity index is 379. The van der Waals surface area contributed by atoms with Crippen LogP contribution in [0.4, 0.5) is 0 Å². The third-order valence-electron chi connectivity index (χ3n) is 3.80. The molecule has 1 fully saturated rings. The molecule has 19 heavy (non-hydrogen) atoms. The number of aliphatic carboxylic acids is 1. The minimum absolute atomic E-state index is 0.0742. The summed E-state index contributed by atoms with van der Waals surface area (Å²) in [4.78, 5) is 11.3. The van der Waals surface area contributed by atoms with Crippen LogP contribution in [0.1, 0.15) is 39.5 Å². The number of nitrogens with one attached hydrogen (secondary N) is 1. The first-order chi connectivity index (χ1) is 8.85. The van der Waals surface area contributed by atoms with E-state index in [1.54, 1.807) is 0 Å². The van der Waals surface area contributed by atoms with Crippen molar-refractivity contribution < 1.29 is 18.3 Å². The number of rotatable bonds is 7. The van der Waals surface area contributed by atoms with Gasteiger partial charge in [-0.15, -0.1) is 0 Å². The van der Waals surface area contributed by atoms with Gasteiger partial charge >= 0.3 is 5.97 Å². The van der Waals surface area contributed by atoms with Gasteiger partial charge in [0.05, 0.1) is 11.5 Å². The summed E-state index contributed by atoms with van der Waals surface area (Å²) in [6.45, 7) is 4.88. The molecule has 0 aromatic rings. The number of hydrogen-bond acceptors (Lipinski definition) is 4. The molecule has 0 aromatic heterocycles. The van der Waals surface area contributed by atoms with Crippen LogP contribution in [0.15, 0.2) is 0 Å². The van der Waals surface area contributed by atoms with Gasteiger partial charge in [-0.05, 0) is 37.6 Å². The standard InChI is InChI=1S/C13H25NO4S/c1-3-4-10(2)9-14-12(13(15)16)11-5-7-19(17,18)8-6-11/h10-12,14H,3-9H2,1-2H3,(H,15,16). The smallest absolute Gasteiger partial charge is 0.320 e. The Kier molecular flexibility index (Phi) is 6.26. The van der Waals surface area contributed by atoms with E-state index in [4.69, 9.17) is 0 Å². The van der Waals surface area contributed by atoms with Gasteiger partial charge in [-0.3, -0.25) is 4.79 Å². The van der Waals surface area contributed by atoms with Crippen molar-refractivity contribution in [3.05, 3.63) is 0 Å². The molecule has 0 radical (unpaired) electrons. The highest BCUT2D eigenvalue weighted by Crippen LogP contribution is 2.22. The van der Waals surface area contributed by atoms with Crippen molar-refractivity contribution in [1.29, 1.82) is 0 Å². The molecule has 0 spiro atoms. The molecule has 5 nitrogen and oxygen atoms in total. The molecule has 2 atom stereocenters. The van der Waals surface area contributed by atoms with E-state index < -0.39 is 21.8 Å². The highest BCUT2D eigenvalue weighted by Gasteiger charge is 2.33. The summed E-state index contributed by atoms with van der Waals surface area (Å²) in [5.74, 6) is -0.261. The van der Waals surface area contributed by atoms with Crippen molar-refractivity contribution >= 4 is 15.8 Å². The van der Waals surface area contributed by atoms with E-state index in [1.165, 1.54) is 0 Å². The fraction of sp³-hybridized carbons (Fsp3) is 0.923. The Hall–Kier alpha value is -0.620. The first-order valence-electron chi connectivity index (χ1n) is 7.02. The summed E-state index contributed by atoms with van der Waals surface area (Å²) in [5.41, 5.74) is 0. The zero-order valence-electron chi connectivity index (χ0n) is 11.8. The largest absolute Gasteiger partial charge is 0.480 e. The molecule has 112 valence electrons. The molecule has 1 saturated heterocycles. The second-order valence-electron chi connectivity index (χ2n) is 5.61. The lowest BCUT2D eigenvalue weighted by molar-refractivity contribution is -0.141. The van der Waals surface area contributed by atoms with E-state index in [-0.39, 0.29) is 17.4 Å². The van der Waals surface area contributed by atoms with Gasteiger partial charge in [0.25, 0.3) is 0 Å². The lowest BCUT2D eigenvalue weighted by Gasteiger charge is -2.29. The summed E-state index contributed by atoms with van der Waals surface area (Å²) in [6.07, 6.45) is 3.06. The summed E-state index contributed by atoms with van der Waals surface area (Å²) >= 11 is 0. The van der Waals surface area contributed by atoms with Gasteiger partial charge in [0.2, 0.25) is 0 Å². The third kappa shape index (κ3) is 5.48. The van der Waals surface area contributed by atoms with E-state index in [0.717, 1.165) is 12.8 Å². The average molecular weight is 291 g/mol. The Morgan fingerprint density at radius 2 is 1.95 bits per heavy atom. The molecule has 1 aliphatic rings. The molecule has 0 bridgehead atoms. The van der Waals surface area contributed by atoms with Crippen molar-refractivity contribution in [3.63, 3.8) is 0 Å². The molecule has 0 saturated carbocycles. The van der Waals surface area contributed by atoms with E-state index in [2.05, 4.69) is 19.2 Å². The average Bonchev–Trinajstić information content (AvgIpc) is 2.31. The molecular weight excluding hydrogens is 266 g/mol. The molecule has 2 unspecified atom stereocenters. The summed E-state index contributed by atoms with van der Waals surface area (Å²) < 4.78 is 22.7. The van der Waals surface area contributed by atoms with Crippen LogP contribution in [-0.2, 0) is 14.6 Å². The minimum atomic E-state index is -2.94. The topological polar surface area (TPSA) is 83.5 Å². The number of carboxylic acids is 1. The monoisotopic (exact) mass is 291 g/mol. The highest BCUT2D eigenvalue weighted by atomic mass is 32.2. The molecule has 0 amide bonds. The van der Waals surface area contributed by atoms with Gasteiger partial charge in [0.1, 0.15) is 15.9 Å². The van der Waals surface area contributed by atoms with Crippen LogP contribution >= 0.6 is 0 Å². The van der Waals surface area contributed by atoms with Crippen LogP contribution in [0.25, 0.3) is 0 Å². The van der Waals surface area contributed by atoms with Crippen molar-refractivity contribution in [2.24, 2.45) is 11.8 Å². The molecule has 0 aliphatic carbocycles. The Labute approximate surface area is 115 Å². The summed E-state index contributed by atoms with van der Waals surface area (Å²) in [6, 6.07) is -0.616. The molecule has 0 aromatic carbocycles. The lowest BCUT2D eigenvalue weighted by atomic mass is 9.93. The number of sulfone groups is 1. The maximum Gasteiger partial charge on any atom is 0.320 e. The van der Waals surface area contributed by atoms with Crippen molar-refractivity contribution in [2.45, 2.75) is 45.6 Å². The lowest BCUT2D eigenvalue weighted by Crippen LogP contribution is -2.47. The van der Waals surface area contributed by atoms with Crippen LogP contribution in [0.5, 0.6) is 0 Å². The molecular formula is C13H25NO4S. The fourth-order valence-electron chi connectivity index (χ4n) is 2.62. The Morgan fingerprint density at radius 3 is 2.42 bits per heavy atom. The minimum Gasteiger partial charge on any atom is -0.480 e. The van der Waals surface area contributed by atoms with Gasteiger partial charge in [-0.2, -0.15) is 0 Å². The summed E-state index contributed by atoms with van der Waals surface area (Å²) in [5, 5.41) is 12.4. The van der Waals surface area contributed by atoms with Crippen LogP contribution < -0.4 is 5.32 Å². The van der Waals surface area contributed by atoms with E-state index in [9.17, 15) is 18.3 Å². The van der Waals surface area contributed by atoms with Crippen LogP contribution in [0, 0.1) is 11.8 Å². The second-order valence-corrected chi connectivity index (χ2v) is 7.91. The van der Waals surface area contributed by atoms with Crippen molar-refractivity contribution in [1.82, 2.24) is 5.32 Å².